The molecule has 4 heterocycles. The lowest BCUT2D eigenvalue weighted by molar-refractivity contribution is -0.121. The quantitative estimate of drug-likeness (QED) is 0.696. The maximum absolute atomic E-state index is 12.6. The third-order valence-electron chi connectivity index (χ3n) is 5.70. The van der Waals surface area contributed by atoms with Crippen LogP contribution >= 0.6 is 11.6 Å². The van der Waals surface area contributed by atoms with E-state index >= 15 is 0 Å². The van der Waals surface area contributed by atoms with Crippen molar-refractivity contribution in [1.29, 1.82) is 5.26 Å². The van der Waals surface area contributed by atoms with Gasteiger partial charge in [-0.05, 0) is 37.0 Å². The molecule has 1 unspecified atom stereocenters. The van der Waals surface area contributed by atoms with E-state index in [2.05, 4.69) is 28.9 Å². The Morgan fingerprint density at radius 3 is 2.77 bits per heavy atom. The summed E-state index contributed by atoms with van der Waals surface area (Å²) in [7, 11) is 0. The van der Waals surface area contributed by atoms with Gasteiger partial charge < -0.3 is 5.73 Å². The predicted molar refractivity (Wildman–Crippen MR) is 113 cm³/mol. The fourth-order valence-electron chi connectivity index (χ4n) is 3.95. The van der Waals surface area contributed by atoms with Crippen molar-refractivity contribution in [3.8, 4) is 17.2 Å². The second-order valence-corrected chi connectivity index (χ2v) is 8.97. The van der Waals surface area contributed by atoms with Gasteiger partial charge in [0.2, 0.25) is 5.91 Å². The molecule has 4 rings (SSSR count). The fraction of sp³-hybridized carbons (Fsp3) is 0.318. The summed E-state index contributed by atoms with van der Waals surface area (Å²) < 4.78 is 2.00. The second-order valence-electron chi connectivity index (χ2n) is 8.56. The van der Waals surface area contributed by atoms with Crippen LogP contribution in [-0.4, -0.2) is 25.7 Å². The molecule has 8 heteroatoms. The van der Waals surface area contributed by atoms with Crippen LogP contribution in [0.5, 0.6) is 0 Å². The van der Waals surface area contributed by atoms with Crippen LogP contribution < -0.4 is 5.73 Å². The van der Waals surface area contributed by atoms with Gasteiger partial charge in [0.1, 0.15) is 17.2 Å². The lowest BCUT2D eigenvalue weighted by Gasteiger charge is -2.25. The number of carbonyl (C=O) groups excluding carboxylic acids is 1. The highest BCUT2D eigenvalue weighted by molar-refractivity contribution is 6.33. The molecule has 0 radical (unpaired) electrons. The van der Waals surface area contributed by atoms with Crippen LogP contribution in [0, 0.1) is 16.7 Å². The second kappa shape index (κ2) is 6.92. The van der Waals surface area contributed by atoms with Crippen LogP contribution in [0.2, 0.25) is 5.02 Å². The van der Waals surface area contributed by atoms with Gasteiger partial charge in [-0.1, -0.05) is 31.5 Å². The molecule has 0 aromatic carbocycles. The van der Waals surface area contributed by atoms with Gasteiger partial charge in [-0.15, -0.1) is 0 Å². The number of hydrogen-bond acceptors (Lipinski definition) is 5. The topological polar surface area (TPSA) is 110 Å². The number of primary amides is 1. The molecule has 30 heavy (non-hydrogen) atoms. The number of fused-ring (bicyclic) bond motifs is 1. The lowest BCUT2D eigenvalue weighted by Crippen LogP contribution is -2.41. The Labute approximate surface area is 179 Å². The Balaban J connectivity index is 1.87. The number of nitriles is 1. The Kier molecular flexibility index (Phi) is 4.63. The first-order chi connectivity index (χ1) is 14.2. The molecule has 3 aromatic rings. The van der Waals surface area contributed by atoms with Crippen molar-refractivity contribution < 1.29 is 4.79 Å². The summed E-state index contributed by atoms with van der Waals surface area (Å²) in [6.45, 7) is 6.89. The van der Waals surface area contributed by atoms with Gasteiger partial charge in [0.15, 0.2) is 0 Å². The standard InChI is InChI=1S/C22H21ClN6O/c1-21(2)8-17-15(10-27-29(17)12-21)14-7-19(26-11-16(14)23)22(3,20(25)30)18-6-4-5-13(9-24)28-18/h4-7,10-11H,8,12H2,1-3H3,(H2,25,30). The normalized spacial score (nSPS) is 16.5. The third-order valence-corrected chi connectivity index (χ3v) is 6.00. The lowest BCUT2D eigenvalue weighted by atomic mass is 9.80. The predicted octanol–water partition coefficient (Wildman–Crippen LogP) is 3.24. The number of carbonyl (C=O) groups is 1. The van der Waals surface area contributed by atoms with Gasteiger partial charge in [0.25, 0.3) is 0 Å². The van der Waals surface area contributed by atoms with Crippen molar-refractivity contribution in [3.63, 3.8) is 0 Å². The molecule has 0 saturated carbocycles. The summed E-state index contributed by atoms with van der Waals surface area (Å²) in [5.41, 5.74) is 8.32. The van der Waals surface area contributed by atoms with Crippen molar-refractivity contribution >= 4 is 17.5 Å². The molecule has 1 atom stereocenters. The zero-order valence-electron chi connectivity index (χ0n) is 17.0. The molecule has 2 N–H and O–H groups in total. The Hall–Kier alpha value is -3.24. The number of aromatic nitrogens is 4. The van der Waals surface area contributed by atoms with E-state index in [9.17, 15) is 10.1 Å². The minimum Gasteiger partial charge on any atom is -0.369 e. The van der Waals surface area contributed by atoms with E-state index in [4.69, 9.17) is 17.3 Å². The zero-order valence-corrected chi connectivity index (χ0v) is 17.7. The number of amides is 1. The largest absolute Gasteiger partial charge is 0.369 e. The van der Waals surface area contributed by atoms with Crippen LogP contribution in [-0.2, 0) is 23.2 Å². The Morgan fingerprint density at radius 1 is 1.30 bits per heavy atom. The van der Waals surface area contributed by atoms with Crippen LogP contribution in [0.25, 0.3) is 11.1 Å². The molecule has 0 aliphatic carbocycles. The summed E-state index contributed by atoms with van der Waals surface area (Å²) >= 11 is 6.51. The van der Waals surface area contributed by atoms with E-state index in [-0.39, 0.29) is 11.1 Å². The van der Waals surface area contributed by atoms with Gasteiger partial charge in [-0.3, -0.25) is 14.5 Å². The van der Waals surface area contributed by atoms with E-state index in [0.29, 0.717) is 16.4 Å². The number of nitrogens with two attached hydrogens (primary N) is 1. The first kappa shape index (κ1) is 20.0. The van der Waals surface area contributed by atoms with Gasteiger partial charge >= 0.3 is 0 Å². The smallest absolute Gasteiger partial charge is 0.235 e. The summed E-state index contributed by atoms with van der Waals surface area (Å²) in [6.07, 6.45) is 4.19. The average molecular weight is 421 g/mol. The Morgan fingerprint density at radius 2 is 2.07 bits per heavy atom. The van der Waals surface area contributed by atoms with Gasteiger partial charge in [-0.2, -0.15) is 10.4 Å². The SMILES string of the molecule is CC1(C)Cc2c(-c3cc(C(C)(C(N)=O)c4cccc(C#N)n4)ncc3Cl)cnn2C1. The molecule has 0 saturated heterocycles. The van der Waals surface area contributed by atoms with Crippen LogP contribution in [0.15, 0.2) is 36.7 Å². The molecule has 1 aliphatic heterocycles. The van der Waals surface area contributed by atoms with Crippen molar-refractivity contribution in [3.05, 3.63) is 64.5 Å². The van der Waals surface area contributed by atoms with Crippen molar-refractivity contribution in [2.75, 3.05) is 0 Å². The minimum atomic E-state index is -1.33. The van der Waals surface area contributed by atoms with Gasteiger partial charge in [-0.25, -0.2) is 4.98 Å². The number of rotatable bonds is 4. The van der Waals surface area contributed by atoms with Crippen LogP contribution in [0.1, 0.15) is 43.5 Å². The van der Waals surface area contributed by atoms with E-state index < -0.39 is 11.3 Å². The first-order valence-electron chi connectivity index (χ1n) is 9.54. The van der Waals surface area contributed by atoms with E-state index in [1.54, 1.807) is 37.4 Å². The molecule has 1 aliphatic rings. The third kappa shape index (κ3) is 3.14. The minimum absolute atomic E-state index is 0.115. The van der Waals surface area contributed by atoms with Crippen molar-refractivity contribution in [1.82, 2.24) is 19.7 Å². The molecule has 0 spiro atoms. The number of hydrogen-bond donors (Lipinski definition) is 1. The van der Waals surface area contributed by atoms with Crippen molar-refractivity contribution in [2.45, 2.75) is 39.2 Å². The summed E-state index contributed by atoms with van der Waals surface area (Å²) in [6, 6.07) is 8.68. The number of nitrogens with zero attached hydrogens (tertiary/aromatic N) is 5. The highest BCUT2D eigenvalue weighted by Crippen LogP contribution is 2.40. The van der Waals surface area contributed by atoms with E-state index in [0.717, 1.165) is 29.8 Å². The maximum atomic E-state index is 12.6. The summed E-state index contributed by atoms with van der Waals surface area (Å²) in [4.78, 5) is 21.3. The fourth-order valence-corrected chi connectivity index (χ4v) is 4.16. The molecule has 152 valence electrons. The summed E-state index contributed by atoms with van der Waals surface area (Å²) in [5, 5.41) is 14.2. The van der Waals surface area contributed by atoms with Crippen LogP contribution in [0.3, 0.4) is 0 Å². The molecule has 7 nitrogen and oxygen atoms in total. The van der Waals surface area contributed by atoms with Crippen molar-refractivity contribution in [2.24, 2.45) is 11.1 Å². The van der Waals surface area contributed by atoms with E-state index in [1.807, 2.05) is 10.8 Å². The zero-order chi connectivity index (χ0) is 21.7. The summed E-state index contributed by atoms with van der Waals surface area (Å²) in [5.74, 6) is -0.618. The molecule has 0 bridgehead atoms. The maximum Gasteiger partial charge on any atom is 0.235 e. The number of halogens is 1. The highest BCUT2D eigenvalue weighted by Gasteiger charge is 2.39. The molecular formula is C22H21ClN6O. The Bertz CT molecular complexity index is 1210. The average Bonchev–Trinajstić information content (AvgIpc) is 3.22. The first-order valence-corrected chi connectivity index (χ1v) is 9.92. The van der Waals surface area contributed by atoms with Gasteiger partial charge in [0.05, 0.1) is 22.6 Å². The number of pyridine rings is 2. The molecule has 3 aromatic heterocycles. The highest BCUT2D eigenvalue weighted by atomic mass is 35.5. The molecule has 1 amide bonds. The molecule has 0 fully saturated rings. The van der Waals surface area contributed by atoms with E-state index in [1.165, 1.54) is 6.20 Å². The monoisotopic (exact) mass is 420 g/mol. The van der Waals surface area contributed by atoms with Crippen LogP contribution in [0.4, 0.5) is 0 Å². The van der Waals surface area contributed by atoms with Gasteiger partial charge in [0, 0.05) is 29.6 Å². The molecular weight excluding hydrogens is 400 g/mol.